The van der Waals surface area contributed by atoms with Crippen molar-refractivity contribution in [2.45, 2.75) is 19.3 Å². The van der Waals surface area contributed by atoms with Gasteiger partial charge in [-0.25, -0.2) is 8.78 Å². The van der Waals surface area contributed by atoms with Crippen molar-refractivity contribution in [1.82, 2.24) is 5.32 Å². The van der Waals surface area contributed by atoms with Gasteiger partial charge in [-0.15, -0.1) is 0 Å². The molecule has 20 heavy (non-hydrogen) atoms. The van der Waals surface area contributed by atoms with Crippen LogP contribution in [-0.4, -0.2) is 25.7 Å². The first-order chi connectivity index (χ1) is 9.65. The monoisotopic (exact) mass is 283 g/mol. The van der Waals surface area contributed by atoms with E-state index in [2.05, 4.69) is 10.3 Å². The Hall–Kier alpha value is -1.85. The van der Waals surface area contributed by atoms with Crippen LogP contribution in [0.3, 0.4) is 0 Å². The van der Waals surface area contributed by atoms with Crippen molar-refractivity contribution in [2.24, 2.45) is 16.6 Å². The lowest BCUT2D eigenvalue weighted by Gasteiger charge is -2.23. The first kappa shape index (κ1) is 14.6. The van der Waals surface area contributed by atoms with Crippen molar-refractivity contribution in [2.75, 3.05) is 19.7 Å². The first-order valence-corrected chi connectivity index (χ1v) is 6.77. The maximum atomic E-state index is 12.9. The quantitative estimate of drug-likeness (QED) is 0.477. The number of nitrogens with one attached hydrogen (secondary N) is 1. The van der Waals surface area contributed by atoms with Crippen LogP contribution >= 0.6 is 0 Å². The molecule has 1 aromatic carbocycles. The molecular formula is C14H19F2N3O. The Bertz CT molecular complexity index is 475. The molecule has 110 valence electrons. The lowest BCUT2D eigenvalue weighted by molar-refractivity contribution is 0.317. The molecule has 0 atom stereocenters. The zero-order valence-corrected chi connectivity index (χ0v) is 11.2. The molecule has 0 unspecified atom stereocenters. The molecule has 0 aliphatic heterocycles. The topological polar surface area (TPSA) is 59.6 Å². The number of halogens is 2. The number of guanidine groups is 1. The molecule has 3 N–H and O–H groups in total. The van der Waals surface area contributed by atoms with E-state index in [0.29, 0.717) is 25.0 Å². The van der Waals surface area contributed by atoms with Crippen LogP contribution in [0.25, 0.3) is 0 Å². The molecule has 4 nitrogen and oxygen atoms in total. The van der Waals surface area contributed by atoms with Crippen molar-refractivity contribution >= 4 is 5.96 Å². The van der Waals surface area contributed by atoms with Crippen LogP contribution in [0.4, 0.5) is 8.78 Å². The van der Waals surface area contributed by atoms with E-state index in [1.54, 1.807) is 0 Å². The summed E-state index contributed by atoms with van der Waals surface area (Å²) in [5.41, 5.74) is 5.70. The van der Waals surface area contributed by atoms with Crippen LogP contribution in [0.1, 0.15) is 19.3 Å². The Morgan fingerprint density at radius 2 is 2.15 bits per heavy atom. The summed E-state index contributed by atoms with van der Waals surface area (Å²) in [5, 5.41) is 2.92. The standard InChI is InChI=1S/C14H19F2N3O/c15-12-5-4-11(8-13(12)16)20-7-6-18-14(17)19-9-10-2-1-3-10/h4-5,8,10H,1-3,6-7,9H2,(H3,17,18,19). The molecule has 1 aliphatic rings. The molecule has 1 aliphatic carbocycles. The predicted octanol–water partition coefficient (Wildman–Crippen LogP) is 2.05. The van der Waals surface area contributed by atoms with E-state index in [1.807, 2.05) is 0 Å². The lowest BCUT2D eigenvalue weighted by Crippen LogP contribution is -2.35. The maximum Gasteiger partial charge on any atom is 0.188 e. The second kappa shape index (κ2) is 7.07. The van der Waals surface area contributed by atoms with Gasteiger partial charge in [0.05, 0.1) is 6.54 Å². The minimum Gasteiger partial charge on any atom is -0.492 e. The molecule has 0 bridgehead atoms. The zero-order chi connectivity index (χ0) is 14.4. The second-order valence-corrected chi connectivity index (χ2v) is 4.87. The third-order valence-electron chi connectivity index (χ3n) is 3.31. The number of nitrogens with two attached hydrogens (primary N) is 1. The van der Waals surface area contributed by atoms with E-state index in [4.69, 9.17) is 10.5 Å². The molecule has 0 heterocycles. The fraction of sp³-hybridized carbons (Fsp3) is 0.500. The lowest BCUT2D eigenvalue weighted by atomic mass is 9.86. The normalized spacial score (nSPS) is 15.8. The van der Waals surface area contributed by atoms with Gasteiger partial charge in [0.15, 0.2) is 17.6 Å². The van der Waals surface area contributed by atoms with Gasteiger partial charge in [0.25, 0.3) is 0 Å². The minimum atomic E-state index is -0.919. The van der Waals surface area contributed by atoms with Gasteiger partial charge >= 0.3 is 0 Å². The summed E-state index contributed by atoms with van der Waals surface area (Å²) in [6.45, 7) is 1.52. The molecule has 1 fully saturated rings. The first-order valence-electron chi connectivity index (χ1n) is 6.77. The molecule has 2 rings (SSSR count). The summed E-state index contributed by atoms with van der Waals surface area (Å²) in [7, 11) is 0. The largest absolute Gasteiger partial charge is 0.492 e. The maximum absolute atomic E-state index is 12.9. The Balaban J connectivity index is 1.63. The third-order valence-corrected chi connectivity index (χ3v) is 3.31. The van der Waals surface area contributed by atoms with Crippen LogP contribution in [0, 0.1) is 17.6 Å². The van der Waals surface area contributed by atoms with Gasteiger partial charge < -0.3 is 15.8 Å². The Labute approximate surface area is 117 Å². The fourth-order valence-electron chi connectivity index (χ4n) is 1.87. The average Bonchev–Trinajstić information content (AvgIpc) is 2.37. The van der Waals surface area contributed by atoms with Crippen molar-refractivity contribution in [1.29, 1.82) is 0 Å². The molecule has 6 heteroatoms. The van der Waals surface area contributed by atoms with E-state index in [9.17, 15) is 8.78 Å². The average molecular weight is 283 g/mol. The van der Waals surface area contributed by atoms with E-state index in [1.165, 1.54) is 25.3 Å². The SMILES string of the molecule is NC(=NCC1CCC1)NCCOc1ccc(F)c(F)c1. The number of nitrogens with zero attached hydrogens (tertiary/aromatic N) is 1. The highest BCUT2D eigenvalue weighted by Gasteiger charge is 2.16. The second-order valence-electron chi connectivity index (χ2n) is 4.87. The molecule has 1 saturated carbocycles. The Morgan fingerprint density at radius 1 is 1.35 bits per heavy atom. The summed E-state index contributed by atoms with van der Waals surface area (Å²) < 4.78 is 30.9. The van der Waals surface area contributed by atoms with E-state index < -0.39 is 11.6 Å². The van der Waals surface area contributed by atoms with Crippen LogP contribution in [0.15, 0.2) is 23.2 Å². The summed E-state index contributed by atoms with van der Waals surface area (Å²) in [4.78, 5) is 4.23. The number of benzene rings is 1. The molecule has 1 aromatic rings. The van der Waals surface area contributed by atoms with Gasteiger partial charge in [0.1, 0.15) is 12.4 Å². The summed E-state index contributed by atoms with van der Waals surface area (Å²) in [5.74, 6) is -0.449. The van der Waals surface area contributed by atoms with Gasteiger partial charge in [-0.3, -0.25) is 4.99 Å². The highest BCUT2D eigenvalue weighted by atomic mass is 19.2. The van der Waals surface area contributed by atoms with Gasteiger partial charge in [-0.1, -0.05) is 6.42 Å². The highest BCUT2D eigenvalue weighted by Crippen LogP contribution is 2.26. The van der Waals surface area contributed by atoms with Gasteiger partial charge in [-0.05, 0) is 30.9 Å². The molecule has 0 spiro atoms. The van der Waals surface area contributed by atoms with E-state index in [-0.39, 0.29) is 5.75 Å². The fourth-order valence-corrected chi connectivity index (χ4v) is 1.87. The minimum absolute atomic E-state index is 0.288. The summed E-state index contributed by atoms with van der Waals surface area (Å²) >= 11 is 0. The number of hydrogen-bond donors (Lipinski definition) is 2. The highest BCUT2D eigenvalue weighted by molar-refractivity contribution is 5.77. The Kier molecular flexibility index (Phi) is 5.15. The van der Waals surface area contributed by atoms with Crippen molar-refractivity contribution < 1.29 is 13.5 Å². The van der Waals surface area contributed by atoms with Crippen LogP contribution in [0.5, 0.6) is 5.75 Å². The number of aliphatic imine (C=N–C) groups is 1. The van der Waals surface area contributed by atoms with Crippen LogP contribution in [-0.2, 0) is 0 Å². The molecule has 0 aromatic heterocycles. The van der Waals surface area contributed by atoms with Gasteiger partial charge in [-0.2, -0.15) is 0 Å². The van der Waals surface area contributed by atoms with E-state index >= 15 is 0 Å². The van der Waals surface area contributed by atoms with Crippen molar-refractivity contribution in [3.05, 3.63) is 29.8 Å². The van der Waals surface area contributed by atoms with Crippen LogP contribution in [0.2, 0.25) is 0 Å². The summed E-state index contributed by atoms with van der Waals surface area (Å²) in [6.07, 6.45) is 3.75. The molecule has 0 saturated heterocycles. The van der Waals surface area contributed by atoms with Gasteiger partial charge in [0, 0.05) is 12.6 Å². The van der Waals surface area contributed by atoms with Crippen molar-refractivity contribution in [3.8, 4) is 5.75 Å². The number of ether oxygens (including phenoxy) is 1. The predicted molar refractivity (Wildman–Crippen MR) is 73.7 cm³/mol. The van der Waals surface area contributed by atoms with Crippen molar-refractivity contribution in [3.63, 3.8) is 0 Å². The molecular weight excluding hydrogens is 264 g/mol. The molecule has 0 amide bonds. The Morgan fingerprint density at radius 3 is 2.80 bits per heavy atom. The van der Waals surface area contributed by atoms with Crippen LogP contribution < -0.4 is 15.8 Å². The third kappa shape index (κ3) is 4.36. The van der Waals surface area contributed by atoms with E-state index in [0.717, 1.165) is 18.7 Å². The molecule has 0 radical (unpaired) electrons. The zero-order valence-electron chi connectivity index (χ0n) is 11.2. The van der Waals surface area contributed by atoms with Gasteiger partial charge in [0.2, 0.25) is 0 Å². The summed E-state index contributed by atoms with van der Waals surface area (Å²) in [6, 6.07) is 3.43. The number of hydrogen-bond acceptors (Lipinski definition) is 2. The number of rotatable bonds is 6. The smallest absolute Gasteiger partial charge is 0.188 e.